The van der Waals surface area contributed by atoms with Crippen LogP contribution in [0.3, 0.4) is 0 Å². The summed E-state index contributed by atoms with van der Waals surface area (Å²) < 4.78 is 5.19. The first-order chi connectivity index (χ1) is 11.6. The van der Waals surface area contributed by atoms with Gasteiger partial charge in [-0.15, -0.1) is 0 Å². The van der Waals surface area contributed by atoms with Crippen molar-refractivity contribution in [2.45, 2.75) is 19.0 Å². The molecule has 24 heavy (non-hydrogen) atoms. The Morgan fingerprint density at radius 3 is 2.96 bits per heavy atom. The third-order valence-corrected chi connectivity index (χ3v) is 4.15. The van der Waals surface area contributed by atoms with Crippen molar-refractivity contribution in [2.24, 2.45) is 0 Å². The number of methoxy groups -OCH3 is 1. The maximum Gasteiger partial charge on any atom is 0.213 e. The average Bonchev–Trinajstić information content (AvgIpc) is 3.02. The molecule has 0 saturated carbocycles. The molecule has 2 aromatic rings. The molecule has 3 rings (SSSR count). The summed E-state index contributed by atoms with van der Waals surface area (Å²) in [6, 6.07) is 6.42. The average molecular weight is 328 g/mol. The van der Waals surface area contributed by atoms with E-state index in [4.69, 9.17) is 4.74 Å². The van der Waals surface area contributed by atoms with Crippen molar-refractivity contribution in [2.75, 3.05) is 44.5 Å². The molecule has 128 valence electrons. The number of nitrogens with one attached hydrogen (secondary N) is 1. The van der Waals surface area contributed by atoms with Gasteiger partial charge in [-0.3, -0.25) is 4.90 Å². The van der Waals surface area contributed by atoms with Gasteiger partial charge in [0.05, 0.1) is 7.11 Å². The van der Waals surface area contributed by atoms with E-state index in [2.05, 4.69) is 25.2 Å². The monoisotopic (exact) mass is 328 g/mol. The quantitative estimate of drug-likeness (QED) is 0.864. The molecule has 2 aromatic heterocycles. The number of hydrogen-bond acceptors (Lipinski definition) is 7. The number of ether oxygens (including phenoxy) is 1. The van der Waals surface area contributed by atoms with E-state index in [0.717, 1.165) is 37.7 Å². The van der Waals surface area contributed by atoms with Crippen molar-refractivity contribution < 1.29 is 4.74 Å². The minimum atomic E-state index is 0.402. The Hall–Kier alpha value is -2.41. The molecule has 1 aliphatic rings. The van der Waals surface area contributed by atoms with Crippen molar-refractivity contribution in [3.63, 3.8) is 0 Å². The summed E-state index contributed by atoms with van der Waals surface area (Å²) in [6.07, 6.45) is 4.50. The largest absolute Gasteiger partial charge is 0.481 e. The Morgan fingerprint density at radius 2 is 2.17 bits per heavy atom. The van der Waals surface area contributed by atoms with Crippen LogP contribution >= 0.6 is 0 Å². The Balaban J connectivity index is 1.56. The second-order valence-electron chi connectivity index (χ2n) is 6.23. The number of hydrogen-bond donors (Lipinski definition) is 1. The van der Waals surface area contributed by atoms with Crippen LogP contribution in [-0.4, -0.2) is 60.2 Å². The van der Waals surface area contributed by atoms with Gasteiger partial charge in [0.15, 0.2) is 0 Å². The Morgan fingerprint density at radius 1 is 1.29 bits per heavy atom. The molecule has 1 fully saturated rings. The molecule has 1 atom stereocenters. The summed E-state index contributed by atoms with van der Waals surface area (Å²) >= 11 is 0. The molecule has 1 unspecified atom stereocenters. The fourth-order valence-electron chi connectivity index (χ4n) is 2.89. The zero-order valence-corrected chi connectivity index (χ0v) is 14.4. The van der Waals surface area contributed by atoms with Crippen LogP contribution in [0.1, 0.15) is 12.0 Å². The van der Waals surface area contributed by atoms with Crippen molar-refractivity contribution in [3.8, 4) is 5.88 Å². The number of rotatable bonds is 6. The first-order valence-electron chi connectivity index (χ1n) is 8.11. The van der Waals surface area contributed by atoms with Gasteiger partial charge in [-0.05, 0) is 18.1 Å². The lowest BCUT2D eigenvalue weighted by atomic mass is 10.2. The van der Waals surface area contributed by atoms with Crippen LogP contribution in [0.2, 0.25) is 0 Å². The summed E-state index contributed by atoms with van der Waals surface area (Å²) in [7, 11) is 5.60. The molecular formula is C17H24N6O. The zero-order chi connectivity index (χ0) is 16.9. The smallest absolute Gasteiger partial charge is 0.213 e. The molecule has 3 heterocycles. The van der Waals surface area contributed by atoms with Gasteiger partial charge in [-0.25, -0.2) is 15.0 Å². The van der Waals surface area contributed by atoms with Crippen LogP contribution in [0.5, 0.6) is 5.88 Å². The summed E-state index contributed by atoms with van der Waals surface area (Å²) in [6.45, 7) is 2.96. The minimum absolute atomic E-state index is 0.402. The third kappa shape index (κ3) is 4.11. The normalized spacial score (nSPS) is 17.7. The number of anilines is 2. The summed E-state index contributed by atoms with van der Waals surface area (Å²) in [5.41, 5.74) is 1.22. The minimum Gasteiger partial charge on any atom is -0.481 e. The lowest BCUT2D eigenvalue weighted by molar-refractivity contribution is 0.327. The maximum absolute atomic E-state index is 5.19. The molecule has 1 saturated heterocycles. The van der Waals surface area contributed by atoms with Gasteiger partial charge in [0, 0.05) is 58.1 Å². The van der Waals surface area contributed by atoms with Gasteiger partial charge in [0.2, 0.25) is 5.88 Å². The lowest BCUT2D eigenvalue weighted by Crippen LogP contribution is -2.26. The van der Waals surface area contributed by atoms with E-state index in [1.54, 1.807) is 19.6 Å². The highest BCUT2D eigenvalue weighted by Gasteiger charge is 2.23. The predicted octanol–water partition coefficient (Wildman–Crippen LogP) is 1.63. The molecular weight excluding hydrogens is 304 g/mol. The molecule has 0 aliphatic carbocycles. The molecule has 0 bridgehead atoms. The van der Waals surface area contributed by atoms with Gasteiger partial charge < -0.3 is 15.0 Å². The van der Waals surface area contributed by atoms with Crippen molar-refractivity contribution in [3.05, 3.63) is 36.3 Å². The first-order valence-corrected chi connectivity index (χ1v) is 8.11. The molecule has 0 radical (unpaired) electrons. The number of nitrogens with zero attached hydrogens (tertiary/aromatic N) is 5. The standard InChI is InChI=1S/C17H24N6O/c1-22(2)16-9-15(19-12-20-16)21-14-5-7-23(11-14)10-13-4-6-18-17(8-13)24-3/h4,6,8-9,12,14H,5,7,10-11H2,1-3H3,(H,19,20,21). The lowest BCUT2D eigenvalue weighted by Gasteiger charge is -2.18. The SMILES string of the molecule is COc1cc(CN2CCC(Nc3cc(N(C)C)ncn3)C2)ccn1. The summed E-state index contributed by atoms with van der Waals surface area (Å²) in [5, 5.41) is 3.52. The van der Waals surface area contributed by atoms with Crippen molar-refractivity contribution in [1.29, 1.82) is 0 Å². The highest BCUT2D eigenvalue weighted by Crippen LogP contribution is 2.19. The van der Waals surface area contributed by atoms with Crippen molar-refractivity contribution in [1.82, 2.24) is 19.9 Å². The Bertz CT molecular complexity index is 678. The predicted molar refractivity (Wildman–Crippen MR) is 94.5 cm³/mol. The number of aromatic nitrogens is 3. The molecule has 0 amide bonds. The van der Waals surface area contributed by atoms with Gasteiger partial charge in [-0.1, -0.05) is 0 Å². The van der Waals surface area contributed by atoms with Crippen LogP contribution in [-0.2, 0) is 6.54 Å². The highest BCUT2D eigenvalue weighted by atomic mass is 16.5. The molecule has 0 spiro atoms. The van der Waals surface area contributed by atoms with Gasteiger partial charge >= 0.3 is 0 Å². The fourth-order valence-corrected chi connectivity index (χ4v) is 2.89. The molecule has 0 aromatic carbocycles. The first kappa shape index (κ1) is 16.4. The zero-order valence-electron chi connectivity index (χ0n) is 14.4. The Labute approximate surface area is 142 Å². The molecule has 7 nitrogen and oxygen atoms in total. The van der Waals surface area contributed by atoms with E-state index in [0.29, 0.717) is 11.9 Å². The van der Waals surface area contributed by atoms with E-state index in [9.17, 15) is 0 Å². The molecule has 1 N–H and O–H groups in total. The summed E-state index contributed by atoms with van der Waals surface area (Å²) in [5.74, 6) is 2.45. The highest BCUT2D eigenvalue weighted by molar-refractivity contribution is 5.48. The third-order valence-electron chi connectivity index (χ3n) is 4.15. The summed E-state index contributed by atoms with van der Waals surface area (Å²) in [4.78, 5) is 17.1. The van der Waals surface area contributed by atoms with Crippen LogP contribution in [0.4, 0.5) is 11.6 Å². The fraction of sp³-hybridized carbons (Fsp3) is 0.471. The van der Waals surface area contributed by atoms with E-state index in [-0.39, 0.29) is 0 Å². The maximum atomic E-state index is 5.19. The topological polar surface area (TPSA) is 66.4 Å². The van der Waals surface area contributed by atoms with E-state index >= 15 is 0 Å². The molecule has 1 aliphatic heterocycles. The van der Waals surface area contributed by atoms with Crippen LogP contribution in [0, 0.1) is 0 Å². The second kappa shape index (κ2) is 7.44. The number of likely N-dealkylation sites (tertiary alicyclic amines) is 1. The van der Waals surface area contributed by atoms with Crippen LogP contribution < -0.4 is 15.0 Å². The van der Waals surface area contributed by atoms with Crippen LogP contribution in [0.25, 0.3) is 0 Å². The van der Waals surface area contributed by atoms with E-state index in [1.165, 1.54) is 5.56 Å². The van der Waals surface area contributed by atoms with Gasteiger partial charge in [-0.2, -0.15) is 0 Å². The molecule has 7 heteroatoms. The second-order valence-corrected chi connectivity index (χ2v) is 6.23. The Kier molecular flexibility index (Phi) is 5.10. The van der Waals surface area contributed by atoms with E-state index < -0.39 is 0 Å². The van der Waals surface area contributed by atoms with Gasteiger partial charge in [0.1, 0.15) is 18.0 Å². The van der Waals surface area contributed by atoms with E-state index in [1.807, 2.05) is 37.2 Å². The number of pyridine rings is 1. The van der Waals surface area contributed by atoms with Crippen molar-refractivity contribution >= 4 is 11.6 Å². The van der Waals surface area contributed by atoms with Gasteiger partial charge in [0.25, 0.3) is 0 Å². The van der Waals surface area contributed by atoms with Crippen LogP contribution in [0.15, 0.2) is 30.7 Å².